The number of nitrogens with zero attached hydrogens (tertiary/aromatic N) is 4. The van der Waals surface area contributed by atoms with E-state index in [1.807, 2.05) is 55.2 Å². The lowest BCUT2D eigenvalue weighted by Gasteiger charge is -2.14. The van der Waals surface area contributed by atoms with Crippen LogP contribution in [0, 0.1) is 0 Å². The van der Waals surface area contributed by atoms with Gasteiger partial charge in [-0.25, -0.2) is 0 Å². The Morgan fingerprint density at radius 3 is 1.31 bits per heavy atom. The Hall–Kier alpha value is -8.52. The molecule has 0 amide bonds. The van der Waals surface area contributed by atoms with Crippen LogP contribution in [0.3, 0.4) is 0 Å². The van der Waals surface area contributed by atoms with Crippen molar-refractivity contribution < 1.29 is 0 Å². The first kappa shape index (κ1) is 37.7. The van der Waals surface area contributed by atoms with Crippen molar-refractivity contribution >= 4 is 27.9 Å². The first-order chi connectivity index (χ1) is 30.7. The lowest BCUT2D eigenvalue weighted by molar-refractivity contribution is 1.31. The molecule has 0 saturated heterocycles. The summed E-state index contributed by atoms with van der Waals surface area (Å²) in [7, 11) is 0. The zero-order valence-corrected chi connectivity index (χ0v) is 33.7. The Balaban J connectivity index is 1.16. The molecule has 2 aliphatic rings. The number of aromatic nitrogens is 4. The van der Waals surface area contributed by atoms with Gasteiger partial charge in [-0.15, -0.1) is 11.5 Å². The molecule has 0 fully saturated rings. The van der Waals surface area contributed by atoms with Gasteiger partial charge in [-0.3, -0.25) is 19.9 Å². The molecule has 4 nitrogen and oxygen atoms in total. The Morgan fingerprint density at radius 1 is 0.306 bits per heavy atom. The Bertz CT molecular complexity index is 3210. The van der Waals surface area contributed by atoms with E-state index in [1.54, 1.807) is 18.6 Å². The summed E-state index contributed by atoms with van der Waals surface area (Å²) >= 11 is 0. The fourth-order valence-electron chi connectivity index (χ4n) is 7.84. The number of rotatable bonds is 9. The van der Waals surface area contributed by atoms with Crippen molar-refractivity contribution in [3.8, 4) is 44.5 Å². The predicted octanol–water partition coefficient (Wildman–Crippen LogP) is 13.8. The minimum absolute atomic E-state index is 0.978. The van der Waals surface area contributed by atoms with Gasteiger partial charge in [-0.05, 0) is 158 Å². The second-order valence-electron chi connectivity index (χ2n) is 15.1. The SMILES string of the molecule is C1=CC(c2cc(C3=CC(c4cccc(-c5cccnc5)c4)=C=CC(c4cccc(-c5cccnc5)c4)=C3)cc(-c3cccc(-c4cccnc4)c3)c2)=CC=CC=1c1cccnc1. The van der Waals surface area contributed by atoms with E-state index in [2.05, 4.69) is 189 Å². The molecule has 0 N–H and O–H groups in total. The van der Waals surface area contributed by atoms with Gasteiger partial charge in [0.1, 0.15) is 0 Å². The molecule has 0 spiro atoms. The fourth-order valence-corrected chi connectivity index (χ4v) is 7.84. The smallest absolute Gasteiger partial charge is 0.0352 e. The van der Waals surface area contributed by atoms with Crippen LogP contribution in [-0.4, -0.2) is 19.9 Å². The molecule has 4 aromatic heterocycles. The molecule has 8 aromatic rings. The molecule has 2 aliphatic carbocycles. The molecule has 62 heavy (non-hydrogen) atoms. The highest BCUT2D eigenvalue weighted by atomic mass is 14.6. The Labute approximate surface area is 361 Å². The van der Waals surface area contributed by atoms with Crippen molar-refractivity contribution in [3.05, 3.63) is 271 Å². The molecule has 4 heteroatoms. The second kappa shape index (κ2) is 17.4. The minimum Gasteiger partial charge on any atom is -0.264 e. The Kier molecular flexibility index (Phi) is 10.6. The summed E-state index contributed by atoms with van der Waals surface area (Å²) in [5.41, 5.74) is 26.4. The van der Waals surface area contributed by atoms with E-state index < -0.39 is 0 Å². The lowest BCUT2D eigenvalue weighted by Crippen LogP contribution is -1.92. The van der Waals surface area contributed by atoms with Gasteiger partial charge >= 0.3 is 0 Å². The first-order valence-corrected chi connectivity index (χ1v) is 20.5. The van der Waals surface area contributed by atoms with Crippen molar-refractivity contribution in [2.45, 2.75) is 0 Å². The molecule has 10 rings (SSSR count). The van der Waals surface area contributed by atoms with Crippen LogP contribution in [0.5, 0.6) is 0 Å². The molecule has 0 atom stereocenters. The number of benzene rings is 4. The van der Waals surface area contributed by atoms with Crippen LogP contribution in [0.15, 0.2) is 243 Å². The summed E-state index contributed by atoms with van der Waals surface area (Å²) in [5, 5.41) is 0. The molecule has 0 bridgehead atoms. The van der Waals surface area contributed by atoms with Gasteiger partial charge in [0.2, 0.25) is 0 Å². The summed E-state index contributed by atoms with van der Waals surface area (Å²) < 4.78 is 0. The van der Waals surface area contributed by atoms with Crippen LogP contribution in [0.2, 0.25) is 0 Å². The molecular weight excluding hydrogens is 753 g/mol. The molecule has 0 saturated carbocycles. The molecule has 0 radical (unpaired) electrons. The van der Waals surface area contributed by atoms with Crippen LogP contribution in [-0.2, 0) is 0 Å². The minimum atomic E-state index is 0.978. The largest absolute Gasteiger partial charge is 0.264 e. The van der Waals surface area contributed by atoms with Crippen LogP contribution < -0.4 is 0 Å². The highest BCUT2D eigenvalue weighted by molar-refractivity contribution is 5.98. The first-order valence-electron chi connectivity index (χ1n) is 20.5. The summed E-state index contributed by atoms with van der Waals surface area (Å²) in [6.45, 7) is 0. The highest BCUT2D eigenvalue weighted by Gasteiger charge is 2.15. The van der Waals surface area contributed by atoms with Crippen LogP contribution in [0.4, 0.5) is 0 Å². The predicted molar refractivity (Wildman–Crippen MR) is 255 cm³/mol. The standard InChI is InChI=1S/C58H38N4/c1-9-41(51-17-5-25-59-37-51)21-22-42(10-1)55-34-56(48-16-4-15-47(31-48)54-20-8-28-62-40-54)36-58(35-55)57-32-49(43-11-2-13-45(29-43)52-18-6-26-60-38-52)23-24-50(33-57)44-12-3-14-46(30-44)53-19-7-27-61-39-53/h1-20,22-23,25-40H. The van der Waals surface area contributed by atoms with Gasteiger partial charge in [0.05, 0.1) is 0 Å². The van der Waals surface area contributed by atoms with Gasteiger partial charge in [0.15, 0.2) is 0 Å². The molecule has 0 aliphatic heterocycles. The van der Waals surface area contributed by atoms with E-state index in [-0.39, 0.29) is 0 Å². The van der Waals surface area contributed by atoms with Crippen molar-refractivity contribution in [1.29, 1.82) is 0 Å². The maximum atomic E-state index is 4.41. The number of pyridine rings is 4. The fraction of sp³-hybridized carbons (Fsp3) is 0. The van der Waals surface area contributed by atoms with E-state index in [4.69, 9.17) is 0 Å². The summed E-state index contributed by atoms with van der Waals surface area (Å²) in [4.78, 5) is 17.6. The number of hydrogen-bond donors (Lipinski definition) is 0. The van der Waals surface area contributed by atoms with Crippen molar-refractivity contribution in [2.75, 3.05) is 0 Å². The monoisotopic (exact) mass is 790 g/mol. The molecule has 290 valence electrons. The Morgan fingerprint density at radius 2 is 0.726 bits per heavy atom. The molecule has 4 aromatic carbocycles. The highest BCUT2D eigenvalue weighted by Crippen LogP contribution is 2.37. The quantitative estimate of drug-likeness (QED) is 0.137. The van der Waals surface area contributed by atoms with Gasteiger partial charge in [-0.2, -0.15) is 0 Å². The van der Waals surface area contributed by atoms with Crippen LogP contribution in [0.25, 0.3) is 72.4 Å². The average molecular weight is 791 g/mol. The van der Waals surface area contributed by atoms with Crippen molar-refractivity contribution in [2.24, 2.45) is 0 Å². The van der Waals surface area contributed by atoms with E-state index in [1.165, 1.54) is 0 Å². The normalized spacial score (nSPS) is 13.3. The average Bonchev–Trinajstić information content (AvgIpc) is 3.76. The van der Waals surface area contributed by atoms with Gasteiger partial charge in [0, 0.05) is 83.0 Å². The van der Waals surface area contributed by atoms with Gasteiger partial charge in [-0.1, -0.05) is 91.0 Å². The summed E-state index contributed by atoms with van der Waals surface area (Å²) in [5.74, 6) is 0. The van der Waals surface area contributed by atoms with E-state index in [0.717, 1.165) is 100 Å². The third-order valence-electron chi connectivity index (χ3n) is 11.0. The topological polar surface area (TPSA) is 51.6 Å². The third-order valence-corrected chi connectivity index (χ3v) is 11.0. The zero-order valence-electron chi connectivity index (χ0n) is 33.7. The van der Waals surface area contributed by atoms with Crippen molar-refractivity contribution in [3.63, 3.8) is 0 Å². The molecule has 0 unspecified atom stereocenters. The maximum absolute atomic E-state index is 4.41. The maximum Gasteiger partial charge on any atom is 0.0352 e. The number of allylic oxidation sites excluding steroid dienone is 10. The zero-order chi connectivity index (χ0) is 41.5. The van der Waals surface area contributed by atoms with Crippen LogP contribution >= 0.6 is 0 Å². The molecule has 4 heterocycles. The van der Waals surface area contributed by atoms with Gasteiger partial charge < -0.3 is 0 Å². The second-order valence-corrected chi connectivity index (χ2v) is 15.1. The summed E-state index contributed by atoms with van der Waals surface area (Å²) in [6, 6.07) is 49.1. The summed E-state index contributed by atoms with van der Waals surface area (Å²) in [6.07, 6.45) is 29.9. The van der Waals surface area contributed by atoms with E-state index >= 15 is 0 Å². The third kappa shape index (κ3) is 8.33. The van der Waals surface area contributed by atoms with E-state index in [9.17, 15) is 0 Å². The lowest BCUT2D eigenvalue weighted by atomic mass is 9.90. The van der Waals surface area contributed by atoms with Crippen molar-refractivity contribution in [1.82, 2.24) is 19.9 Å². The van der Waals surface area contributed by atoms with Gasteiger partial charge in [0.25, 0.3) is 0 Å². The van der Waals surface area contributed by atoms with E-state index in [0.29, 0.717) is 0 Å². The number of hydrogen-bond acceptors (Lipinski definition) is 4. The molecular formula is C58H38N4. The van der Waals surface area contributed by atoms with Crippen LogP contribution in [0.1, 0.15) is 27.8 Å².